The van der Waals surface area contributed by atoms with Gasteiger partial charge in [-0.15, -0.1) is 0 Å². The van der Waals surface area contributed by atoms with E-state index in [0.717, 1.165) is 17.1 Å². The molecule has 2 aliphatic rings. The van der Waals surface area contributed by atoms with Crippen LogP contribution in [-0.2, 0) is 11.2 Å². The lowest BCUT2D eigenvalue weighted by molar-refractivity contribution is -0.116. The Balaban J connectivity index is 1.33. The minimum atomic E-state index is -0.0517. The van der Waals surface area contributed by atoms with Gasteiger partial charge in [0.05, 0.1) is 0 Å². The average Bonchev–Trinajstić information content (AvgIpc) is 2.71. The quantitative estimate of drug-likeness (QED) is 0.837. The predicted octanol–water partition coefficient (Wildman–Crippen LogP) is 4.22. The second-order valence-electron chi connectivity index (χ2n) is 8.47. The number of nitrogens with one attached hydrogen (secondary N) is 1. The molecule has 6 nitrogen and oxygen atoms in total. The monoisotopic (exact) mass is 397 g/mol. The molecule has 154 valence electrons. The number of ether oxygens (including phenoxy) is 4. The van der Waals surface area contributed by atoms with E-state index in [2.05, 4.69) is 26.1 Å². The first-order valence-electron chi connectivity index (χ1n) is 10.0. The van der Waals surface area contributed by atoms with Crippen LogP contribution in [0.25, 0.3) is 0 Å². The highest BCUT2D eigenvalue weighted by atomic mass is 16.6. The van der Waals surface area contributed by atoms with Crippen molar-refractivity contribution < 1.29 is 23.7 Å². The van der Waals surface area contributed by atoms with Gasteiger partial charge in [0.1, 0.15) is 25.9 Å². The van der Waals surface area contributed by atoms with Gasteiger partial charge >= 0.3 is 0 Å². The molecule has 2 aliphatic heterocycles. The number of hydrogen-bond donors (Lipinski definition) is 1. The van der Waals surface area contributed by atoms with E-state index in [1.165, 1.54) is 0 Å². The summed E-state index contributed by atoms with van der Waals surface area (Å²) in [4.78, 5) is 12.4. The van der Waals surface area contributed by atoms with Crippen molar-refractivity contribution in [3.63, 3.8) is 0 Å². The topological polar surface area (TPSA) is 66.0 Å². The third-order valence-electron chi connectivity index (χ3n) is 5.10. The van der Waals surface area contributed by atoms with Gasteiger partial charge in [-0.1, -0.05) is 26.8 Å². The first kappa shape index (κ1) is 19.4. The highest BCUT2D eigenvalue weighted by Crippen LogP contribution is 2.38. The van der Waals surface area contributed by atoms with Gasteiger partial charge in [-0.05, 0) is 36.2 Å². The van der Waals surface area contributed by atoms with E-state index in [0.29, 0.717) is 49.8 Å². The molecule has 1 amide bonds. The Kier molecular flexibility index (Phi) is 5.26. The van der Waals surface area contributed by atoms with Crippen molar-refractivity contribution in [3.8, 4) is 23.0 Å². The molecule has 4 rings (SSSR count). The SMILES string of the molecule is CC(C)(C)C1COc2cc(NC(=O)CCc3ccc4c(c3)OCCO4)ccc2O1. The van der Waals surface area contributed by atoms with E-state index in [1.807, 2.05) is 36.4 Å². The molecule has 0 bridgehead atoms. The number of benzene rings is 2. The summed E-state index contributed by atoms with van der Waals surface area (Å²) in [6.45, 7) is 8.00. The molecule has 0 radical (unpaired) electrons. The molecule has 2 heterocycles. The van der Waals surface area contributed by atoms with Crippen molar-refractivity contribution in [2.75, 3.05) is 25.1 Å². The van der Waals surface area contributed by atoms with Gasteiger partial charge in [0.15, 0.2) is 23.0 Å². The summed E-state index contributed by atoms with van der Waals surface area (Å²) < 4.78 is 23.0. The Labute approximate surface area is 171 Å². The van der Waals surface area contributed by atoms with Crippen LogP contribution in [0.4, 0.5) is 5.69 Å². The fourth-order valence-corrected chi connectivity index (χ4v) is 3.30. The molecular weight excluding hydrogens is 370 g/mol. The van der Waals surface area contributed by atoms with Gasteiger partial charge in [0.25, 0.3) is 0 Å². The molecule has 2 aromatic rings. The van der Waals surface area contributed by atoms with E-state index in [9.17, 15) is 4.79 Å². The first-order chi connectivity index (χ1) is 13.9. The van der Waals surface area contributed by atoms with Crippen molar-refractivity contribution in [2.24, 2.45) is 5.41 Å². The van der Waals surface area contributed by atoms with Crippen LogP contribution < -0.4 is 24.3 Å². The molecule has 1 unspecified atom stereocenters. The maximum atomic E-state index is 12.4. The number of amides is 1. The Hall–Kier alpha value is -2.89. The second kappa shape index (κ2) is 7.85. The zero-order chi connectivity index (χ0) is 20.4. The van der Waals surface area contributed by atoms with Crippen LogP contribution in [0.15, 0.2) is 36.4 Å². The van der Waals surface area contributed by atoms with Crippen LogP contribution >= 0.6 is 0 Å². The number of hydrogen-bond acceptors (Lipinski definition) is 5. The fraction of sp³-hybridized carbons (Fsp3) is 0.435. The third kappa shape index (κ3) is 4.58. The number of fused-ring (bicyclic) bond motifs is 2. The molecule has 0 saturated heterocycles. The molecular formula is C23H27NO5. The van der Waals surface area contributed by atoms with Gasteiger partial charge in [0.2, 0.25) is 5.91 Å². The maximum Gasteiger partial charge on any atom is 0.224 e. The summed E-state index contributed by atoms with van der Waals surface area (Å²) >= 11 is 0. The summed E-state index contributed by atoms with van der Waals surface area (Å²) in [5, 5.41) is 2.94. The molecule has 1 N–H and O–H groups in total. The van der Waals surface area contributed by atoms with Gasteiger partial charge in [-0.25, -0.2) is 0 Å². The lowest BCUT2D eigenvalue weighted by Crippen LogP contribution is -2.39. The van der Waals surface area contributed by atoms with E-state index < -0.39 is 0 Å². The Morgan fingerprint density at radius 3 is 2.48 bits per heavy atom. The zero-order valence-electron chi connectivity index (χ0n) is 17.1. The Morgan fingerprint density at radius 1 is 0.966 bits per heavy atom. The summed E-state index contributed by atoms with van der Waals surface area (Å²) in [5.41, 5.74) is 1.74. The summed E-state index contributed by atoms with van der Waals surface area (Å²) in [6.07, 6.45) is 1.00. The zero-order valence-corrected chi connectivity index (χ0v) is 17.1. The number of anilines is 1. The molecule has 29 heavy (non-hydrogen) atoms. The van der Waals surface area contributed by atoms with Gasteiger partial charge in [-0.3, -0.25) is 4.79 Å². The standard InChI is InChI=1S/C23H27NO5/c1-23(2,3)21-14-28-20-13-16(6-8-18(20)29-21)24-22(25)9-5-15-4-7-17-19(12-15)27-11-10-26-17/h4,6-8,12-13,21H,5,9-11,14H2,1-3H3,(H,24,25). The maximum absolute atomic E-state index is 12.4. The van der Waals surface area contributed by atoms with Crippen molar-refractivity contribution in [1.82, 2.24) is 0 Å². The van der Waals surface area contributed by atoms with E-state index >= 15 is 0 Å². The molecule has 0 saturated carbocycles. The van der Waals surface area contributed by atoms with Crippen LogP contribution in [0.3, 0.4) is 0 Å². The van der Waals surface area contributed by atoms with Crippen LogP contribution in [0.5, 0.6) is 23.0 Å². The first-order valence-corrected chi connectivity index (χ1v) is 10.0. The fourth-order valence-electron chi connectivity index (χ4n) is 3.30. The third-order valence-corrected chi connectivity index (χ3v) is 5.10. The average molecular weight is 397 g/mol. The van der Waals surface area contributed by atoms with Crippen LogP contribution in [0, 0.1) is 5.41 Å². The largest absolute Gasteiger partial charge is 0.486 e. The predicted molar refractivity (Wildman–Crippen MR) is 110 cm³/mol. The smallest absolute Gasteiger partial charge is 0.224 e. The second-order valence-corrected chi connectivity index (χ2v) is 8.47. The number of carbonyl (C=O) groups is 1. The number of carbonyl (C=O) groups excluding carboxylic acids is 1. The molecule has 6 heteroatoms. The van der Waals surface area contributed by atoms with Crippen LogP contribution in [-0.4, -0.2) is 31.8 Å². The van der Waals surface area contributed by atoms with Crippen molar-refractivity contribution >= 4 is 11.6 Å². The van der Waals surface area contributed by atoms with E-state index in [-0.39, 0.29) is 17.4 Å². The Bertz CT molecular complexity index is 903. The molecule has 2 aromatic carbocycles. The molecule has 0 aromatic heterocycles. The minimum absolute atomic E-state index is 0.00133. The minimum Gasteiger partial charge on any atom is -0.486 e. The lowest BCUT2D eigenvalue weighted by Gasteiger charge is -2.35. The molecule has 0 spiro atoms. The lowest BCUT2D eigenvalue weighted by atomic mass is 9.89. The Morgan fingerprint density at radius 2 is 1.69 bits per heavy atom. The van der Waals surface area contributed by atoms with Crippen molar-refractivity contribution in [1.29, 1.82) is 0 Å². The molecule has 0 fully saturated rings. The van der Waals surface area contributed by atoms with Gasteiger partial charge < -0.3 is 24.3 Å². The van der Waals surface area contributed by atoms with E-state index in [4.69, 9.17) is 18.9 Å². The highest BCUT2D eigenvalue weighted by Gasteiger charge is 2.31. The molecule has 0 aliphatic carbocycles. The van der Waals surface area contributed by atoms with Crippen LogP contribution in [0.1, 0.15) is 32.8 Å². The number of rotatable bonds is 4. The van der Waals surface area contributed by atoms with E-state index in [1.54, 1.807) is 0 Å². The van der Waals surface area contributed by atoms with Gasteiger partial charge in [-0.2, -0.15) is 0 Å². The number of aryl methyl sites for hydroxylation is 1. The summed E-state index contributed by atoms with van der Waals surface area (Å²) in [7, 11) is 0. The van der Waals surface area contributed by atoms with Crippen LogP contribution in [0.2, 0.25) is 0 Å². The summed E-state index contributed by atoms with van der Waals surface area (Å²) in [5.74, 6) is 2.83. The van der Waals surface area contributed by atoms with Crippen molar-refractivity contribution in [3.05, 3.63) is 42.0 Å². The van der Waals surface area contributed by atoms with Gasteiger partial charge in [0, 0.05) is 23.6 Å². The molecule has 1 atom stereocenters. The normalized spacial score (nSPS) is 17.6. The summed E-state index contributed by atoms with van der Waals surface area (Å²) in [6, 6.07) is 11.3. The van der Waals surface area contributed by atoms with Crippen molar-refractivity contribution in [2.45, 2.75) is 39.7 Å². The highest BCUT2D eigenvalue weighted by molar-refractivity contribution is 5.91.